The highest BCUT2D eigenvalue weighted by Gasteiger charge is 2.09. The minimum atomic E-state index is -0.290. The van der Waals surface area contributed by atoms with Gasteiger partial charge in [-0.25, -0.2) is 0 Å². The van der Waals surface area contributed by atoms with Crippen molar-refractivity contribution in [2.45, 2.75) is 33.3 Å². The molecule has 0 bridgehead atoms. The average molecular weight is 417 g/mol. The lowest BCUT2D eigenvalue weighted by Crippen LogP contribution is -2.34. The molecule has 2 N–H and O–H groups in total. The minimum Gasteiger partial charge on any atom is -0.491 e. The number of nitrogens with one attached hydrogen (secondary N) is 2. The molecule has 0 radical (unpaired) electrons. The van der Waals surface area contributed by atoms with Gasteiger partial charge in [0.2, 0.25) is 0 Å². The smallest absolute Gasteiger partial charge is 0.257 e. The number of benzene rings is 2. The predicted octanol–water partition coefficient (Wildman–Crippen LogP) is 4.41. The van der Waals surface area contributed by atoms with E-state index >= 15 is 0 Å². The number of carbonyl (C=O) groups is 1. The van der Waals surface area contributed by atoms with E-state index in [1.165, 1.54) is 0 Å². The van der Waals surface area contributed by atoms with Crippen LogP contribution in [0.15, 0.2) is 48.5 Å². The van der Waals surface area contributed by atoms with Gasteiger partial charge in [-0.15, -0.1) is 0 Å². The topological polar surface area (TPSA) is 68.8 Å². The maximum Gasteiger partial charge on any atom is 0.257 e. The van der Waals surface area contributed by atoms with Crippen LogP contribution < -0.4 is 20.1 Å². The lowest BCUT2D eigenvalue weighted by atomic mass is 10.2. The van der Waals surface area contributed by atoms with Gasteiger partial charge in [-0.2, -0.15) is 0 Å². The van der Waals surface area contributed by atoms with Crippen LogP contribution in [-0.4, -0.2) is 36.9 Å². The quantitative estimate of drug-likeness (QED) is 0.442. The van der Waals surface area contributed by atoms with Crippen LogP contribution in [0.4, 0.5) is 5.69 Å². The van der Waals surface area contributed by atoms with E-state index in [0.29, 0.717) is 31.1 Å². The van der Waals surface area contributed by atoms with Gasteiger partial charge in [0.25, 0.3) is 5.91 Å². The molecule has 0 fully saturated rings. The molecule has 0 heterocycles. The normalized spacial score (nSPS) is 11.4. The highest BCUT2D eigenvalue weighted by atomic mass is 32.1. The molecule has 0 spiro atoms. The fourth-order valence-corrected chi connectivity index (χ4v) is 2.58. The molecule has 0 saturated carbocycles. The number of hydrogen-bond acceptors (Lipinski definition) is 5. The molecule has 6 nitrogen and oxygen atoms in total. The lowest BCUT2D eigenvalue weighted by Gasteiger charge is -2.13. The number of anilines is 1. The molecular formula is C22H28N2O4S. The Morgan fingerprint density at radius 1 is 1.07 bits per heavy atom. The summed E-state index contributed by atoms with van der Waals surface area (Å²) in [5, 5.41) is 5.88. The van der Waals surface area contributed by atoms with Crippen LogP contribution in [0.25, 0.3) is 0 Å². The highest BCUT2D eigenvalue weighted by Crippen LogP contribution is 2.18. The Bertz CT molecular complexity index is 796. The van der Waals surface area contributed by atoms with Gasteiger partial charge in [-0.05, 0) is 68.9 Å². The Morgan fingerprint density at radius 3 is 2.52 bits per heavy atom. The third kappa shape index (κ3) is 8.09. The molecular weight excluding hydrogens is 388 g/mol. The van der Waals surface area contributed by atoms with Crippen molar-refractivity contribution < 1.29 is 19.0 Å². The average Bonchev–Trinajstić information content (AvgIpc) is 2.71. The zero-order valence-corrected chi connectivity index (χ0v) is 17.9. The van der Waals surface area contributed by atoms with Gasteiger partial charge in [0.15, 0.2) is 5.11 Å². The summed E-state index contributed by atoms with van der Waals surface area (Å²) < 4.78 is 16.6. The van der Waals surface area contributed by atoms with Crippen LogP contribution in [0.1, 0.15) is 37.6 Å². The van der Waals surface area contributed by atoms with Gasteiger partial charge in [0.1, 0.15) is 18.1 Å². The summed E-state index contributed by atoms with van der Waals surface area (Å²) in [5.74, 6) is 1.14. The summed E-state index contributed by atoms with van der Waals surface area (Å²) >= 11 is 5.25. The third-order valence-electron chi connectivity index (χ3n) is 4.05. The summed E-state index contributed by atoms with van der Waals surface area (Å²) in [4.78, 5) is 12.4. The van der Waals surface area contributed by atoms with Crippen LogP contribution >= 0.6 is 12.2 Å². The van der Waals surface area contributed by atoms with E-state index in [1.807, 2.05) is 38.1 Å². The molecule has 2 aromatic carbocycles. The van der Waals surface area contributed by atoms with Crippen molar-refractivity contribution in [1.29, 1.82) is 0 Å². The number of hydrogen-bond donors (Lipinski definition) is 2. The third-order valence-corrected chi connectivity index (χ3v) is 4.25. The Hall–Kier alpha value is -2.64. The van der Waals surface area contributed by atoms with E-state index in [4.69, 9.17) is 26.4 Å². The zero-order chi connectivity index (χ0) is 21.1. The van der Waals surface area contributed by atoms with E-state index < -0.39 is 0 Å². The highest BCUT2D eigenvalue weighted by molar-refractivity contribution is 7.80. The van der Waals surface area contributed by atoms with Gasteiger partial charge >= 0.3 is 0 Å². The van der Waals surface area contributed by atoms with Crippen LogP contribution in [0.5, 0.6) is 11.5 Å². The molecule has 1 atom stereocenters. The van der Waals surface area contributed by atoms with Gasteiger partial charge in [0.05, 0.1) is 12.7 Å². The first-order valence-corrected chi connectivity index (χ1v) is 10.1. The first-order chi connectivity index (χ1) is 14.0. The number of amides is 1. The maximum atomic E-state index is 12.4. The zero-order valence-electron chi connectivity index (χ0n) is 17.1. The molecule has 2 aromatic rings. The molecule has 0 aliphatic heterocycles. The van der Waals surface area contributed by atoms with Crippen molar-refractivity contribution in [3.05, 3.63) is 54.1 Å². The van der Waals surface area contributed by atoms with Crippen molar-refractivity contribution in [1.82, 2.24) is 5.32 Å². The Balaban J connectivity index is 1.86. The molecule has 156 valence electrons. The number of rotatable bonds is 10. The standard InChI is InChI=1S/C22H28N2O4S/c1-4-16(3)28-19-11-9-17(10-12-19)21(25)24-22(29)23-18-7-6-8-20(15-18)27-14-13-26-5-2/h6-12,15-16H,4-5,13-14H2,1-3H3,(H2,23,24,25,29). The van der Waals surface area contributed by atoms with Crippen molar-refractivity contribution in [2.75, 3.05) is 25.1 Å². The van der Waals surface area contributed by atoms with Crippen molar-refractivity contribution in [3.8, 4) is 11.5 Å². The van der Waals surface area contributed by atoms with Gasteiger partial charge < -0.3 is 19.5 Å². The molecule has 0 aromatic heterocycles. The van der Waals surface area contributed by atoms with Crippen molar-refractivity contribution >= 4 is 28.9 Å². The second kappa shape index (κ2) is 12.0. The second-order valence-electron chi connectivity index (χ2n) is 6.34. The Morgan fingerprint density at radius 2 is 1.83 bits per heavy atom. The van der Waals surface area contributed by atoms with Crippen LogP contribution in [-0.2, 0) is 4.74 Å². The SMILES string of the molecule is CCOCCOc1cccc(NC(=S)NC(=O)c2ccc(OC(C)CC)cc2)c1. The van der Waals surface area contributed by atoms with Crippen LogP contribution in [0, 0.1) is 0 Å². The summed E-state index contributed by atoms with van der Waals surface area (Å²) in [6.07, 6.45) is 1.05. The van der Waals surface area contributed by atoms with Crippen molar-refractivity contribution in [2.24, 2.45) is 0 Å². The van der Waals surface area contributed by atoms with Gasteiger partial charge in [0, 0.05) is 23.9 Å². The second-order valence-corrected chi connectivity index (χ2v) is 6.75. The Labute approximate surface area is 177 Å². The summed E-state index contributed by atoms with van der Waals surface area (Å²) in [5.41, 5.74) is 1.22. The van der Waals surface area contributed by atoms with E-state index in [0.717, 1.165) is 17.9 Å². The molecule has 1 amide bonds. The van der Waals surface area contributed by atoms with E-state index in [-0.39, 0.29) is 17.1 Å². The van der Waals surface area contributed by atoms with Crippen LogP contribution in [0.3, 0.4) is 0 Å². The molecule has 0 saturated heterocycles. The molecule has 2 rings (SSSR count). The number of thiocarbonyl (C=S) groups is 1. The van der Waals surface area contributed by atoms with E-state index in [2.05, 4.69) is 17.6 Å². The summed E-state index contributed by atoms with van der Waals surface area (Å²) in [7, 11) is 0. The fraction of sp³-hybridized carbons (Fsp3) is 0.364. The molecule has 0 aliphatic rings. The largest absolute Gasteiger partial charge is 0.491 e. The molecule has 1 unspecified atom stereocenters. The first-order valence-electron chi connectivity index (χ1n) is 9.71. The predicted molar refractivity (Wildman–Crippen MR) is 119 cm³/mol. The molecule has 0 aliphatic carbocycles. The van der Waals surface area contributed by atoms with Gasteiger partial charge in [-0.1, -0.05) is 13.0 Å². The fourth-order valence-electron chi connectivity index (χ4n) is 2.36. The lowest BCUT2D eigenvalue weighted by molar-refractivity contribution is 0.0977. The maximum absolute atomic E-state index is 12.4. The minimum absolute atomic E-state index is 0.130. The Kier molecular flexibility index (Phi) is 9.40. The van der Waals surface area contributed by atoms with Crippen LogP contribution in [0.2, 0.25) is 0 Å². The monoisotopic (exact) mass is 416 g/mol. The van der Waals surface area contributed by atoms with Gasteiger partial charge in [-0.3, -0.25) is 10.1 Å². The number of carbonyl (C=O) groups excluding carboxylic acids is 1. The van der Waals surface area contributed by atoms with E-state index in [9.17, 15) is 4.79 Å². The van der Waals surface area contributed by atoms with E-state index in [1.54, 1.807) is 24.3 Å². The molecule has 7 heteroatoms. The summed E-state index contributed by atoms with van der Waals surface area (Å²) in [6, 6.07) is 14.3. The number of ether oxygens (including phenoxy) is 3. The summed E-state index contributed by atoms with van der Waals surface area (Å²) in [6.45, 7) is 7.66. The molecule has 29 heavy (non-hydrogen) atoms. The first kappa shape index (κ1) is 22.6. The van der Waals surface area contributed by atoms with Crippen molar-refractivity contribution in [3.63, 3.8) is 0 Å².